The highest BCUT2D eigenvalue weighted by atomic mass is 16.6. The van der Waals surface area contributed by atoms with Gasteiger partial charge in [0.15, 0.2) is 12.4 Å². The van der Waals surface area contributed by atoms with Crippen LogP contribution in [0.25, 0.3) is 0 Å². The van der Waals surface area contributed by atoms with Gasteiger partial charge in [-0.15, -0.1) is 0 Å². The maximum atomic E-state index is 12.8. The quantitative estimate of drug-likeness (QED) is 0.257. The van der Waals surface area contributed by atoms with Crippen LogP contribution >= 0.6 is 0 Å². The van der Waals surface area contributed by atoms with Crippen LogP contribution in [0.4, 0.5) is 11.4 Å². The van der Waals surface area contributed by atoms with E-state index >= 15 is 0 Å². The second kappa shape index (κ2) is 10.1. The lowest BCUT2D eigenvalue weighted by Gasteiger charge is -2.13. The molecule has 178 valence electrons. The SMILES string of the molecule is Cc1cc(C)c(C)c(Oc2cc(NC(=O)c3ccn(COc4ccccc4)n3)cc([N+](=O)[O-])c2)c1. The molecule has 0 saturated carbocycles. The van der Waals surface area contributed by atoms with Gasteiger partial charge in [-0.05, 0) is 61.7 Å². The van der Waals surface area contributed by atoms with Crippen LogP contribution in [0.15, 0.2) is 72.9 Å². The average molecular weight is 473 g/mol. The van der Waals surface area contributed by atoms with Crippen molar-refractivity contribution in [1.82, 2.24) is 9.78 Å². The lowest BCUT2D eigenvalue weighted by atomic mass is 10.1. The molecule has 0 aliphatic rings. The van der Waals surface area contributed by atoms with E-state index in [0.29, 0.717) is 11.5 Å². The zero-order valence-electron chi connectivity index (χ0n) is 19.5. The van der Waals surface area contributed by atoms with Gasteiger partial charge in [-0.3, -0.25) is 14.9 Å². The van der Waals surface area contributed by atoms with E-state index in [1.807, 2.05) is 63.2 Å². The fourth-order valence-electron chi connectivity index (χ4n) is 3.46. The number of rotatable bonds is 8. The standard InChI is InChI=1S/C26H24N4O5/c1-17-11-18(2)19(3)25(12-17)35-23-14-20(13-21(15-23)30(32)33)27-26(31)24-9-10-29(28-24)16-34-22-7-5-4-6-8-22/h4-15H,16H2,1-3H3,(H,27,31). The maximum absolute atomic E-state index is 12.8. The Labute approximate surface area is 202 Å². The van der Waals surface area contributed by atoms with Crippen LogP contribution < -0.4 is 14.8 Å². The van der Waals surface area contributed by atoms with Gasteiger partial charge < -0.3 is 14.8 Å². The summed E-state index contributed by atoms with van der Waals surface area (Å²) < 4.78 is 13.1. The molecule has 1 aromatic heterocycles. The second-order valence-electron chi connectivity index (χ2n) is 8.06. The Kier molecular flexibility index (Phi) is 6.77. The summed E-state index contributed by atoms with van der Waals surface area (Å²) in [6.07, 6.45) is 1.61. The molecule has 0 spiro atoms. The minimum absolute atomic E-state index is 0.126. The predicted molar refractivity (Wildman–Crippen MR) is 131 cm³/mol. The zero-order valence-corrected chi connectivity index (χ0v) is 19.5. The predicted octanol–water partition coefficient (Wildman–Crippen LogP) is 5.80. The number of nitrogens with zero attached hydrogens (tertiary/aromatic N) is 3. The van der Waals surface area contributed by atoms with Crippen LogP contribution in [0.3, 0.4) is 0 Å². The molecule has 1 amide bonds. The Hall–Kier alpha value is -4.66. The number of benzene rings is 3. The number of aryl methyl sites for hydroxylation is 2. The summed E-state index contributed by atoms with van der Waals surface area (Å²) in [7, 11) is 0. The molecule has 0 bridgehead atoms. The first kappa shape index (κ1) is 23.5. The first-order valence-electron chi connectivity index (χ1n) is 10.9. The Balaban J connectivity index is 1.51. The van der Waals surface area contributed by atoms with E-state index in [-0.39, 0.29) is 29.5 Å². The van der Waals surface area contributed by atoms with Gasteiger partial charge >= 0.3 is 0 Å². The van der Waals surface area contributed by atoms with Gasteiger partial charge in [0.2, 0.25) is 0 Å². The number of hydrogen-bond acceptors (Lipinski definition) is 6. The number of amides is 1. The molecule has 0 aliphatic carbocycles. The fraction of sp³-hybridized carbons (Fsp3) is 0.154. The molecule has 0 radical (unpaired) electrons. The first-order valence-corrected chi connectivity index (χ1v) is 10.9. The number of nitrogens with one attached hydrogen (secondary N) is 1. The van der Waals surface area contributed by atoms with Gasteiger partial charge in [0.1, 0.15) is 17.2 Å². The highest BCUT2D eigenvalue weighted by Crippen LogP contribution is 2.33. The third-order valence-electron chi connectivity index (χ3n) is 5.33. The molecule has 1 N–H and O–H groups in total. The molecular formula is C26H24N4O5. The largest absolute Gasteiger partial charge is 0.471 e. The summed E-state index contributed by atoms with van der Waals surface area (Å²) in [6.45, 7) is 5.96. The van der Waals surface area contributed by atoms with Crippen molar-refractivity contribution in [3.05, 3.63) is 105 Å². The van der Waals surface area contributed by atoms with Crippen molar-refractivity contribution in [3.8, 4) is 17.2 Å². The van der Waals surface area contributed by atoms with Crippen molar-refractivity contribution < 1.29 is 19.2 Å². The van der Waals surface area contributed by atoms with Crippen LogP contribution in [0.1, 0.15) is 27.2 Å². The molecule has 4 rings (SSSR count). The van der Waals surface area contributed by atoms with E-state index in [2.05, 4.69) is 10.4 Å². The molecule has 0 unspecified atom stereocenters. The summed E-state index contributed by atoms with van der Waals surface area (Å²) in [5, 5.41) is 18.4. The van der Waals surface area contributed by atoms with Crippen molar-refractivity contribution in [2.24, 2.45) is 0 Å². The Bertz CT molecular complexity index is 1380. The number of anilines is 1. The summed E-state index contributed by atoms with van der Waals surface area (Å²) in [5.74, 6) is 0.997. The molecule has 35 heavy (non-hydrogen) atoms. The third kappa shape index (κ3) is 5.83. The van der Waals surface area contributed by atoms with Gasteiger partial charge in [-0.2, -0.15) is 5.10 Å². The summed E-state index contributed by atoms with van der Waals surface area (Å²) in [5.41, 5.74) is 3.13. The summed E-state index contributed by atoms with van der Waals surface area (Å²) in [6, 6.07) is 18.8. The van der Waals surface area contributed by atoms with Gasteiger partial charge in [-0.1, -0.05) is 24.3 Å². The van der Waals surface area contributed by atoms with Crippen molar-refractivity contribution >= 4 is 17.3 Å². The van der Waals surface area contributed by atoms with E-state index in [9.17, 15) is 14.9 Å². The fourth-order valence-corrected chi connectivity index (χ4v) is 3.46. The maximum Gasteiger partial charge on any atom is 0.276 e. The van der Waals surface area contributed by atoms with E-state index < -0.39 is 10.8 Å². The van der Waals surface area contributed by atoms with E-state index in [1.54, 1.807) is 6.20 Å². The van der Waals surface area contributed by atoms with Crippen LogP contribution in [-0.4, -0.2) is 20.6 Å². The van der Waals surface area contributed by atoms with E-state index in [4.69, 9.17) is 9.47 Å². The lowest BCUT2D eigenvalue weighted by Crippen LogP contribution is -2.14. The molecule has 3 aromatic carbocycles. The molecule has 9 nitrogen and oxygen atoms in total. The van der Waals surface area contributed by atoms with Crippen molar-refractivity contribution in [1.29, 1.82) is 0 Å². The second-order valence-corrected chi connectivity index (χ2v) is 8.06. The molecule has 9 heteroatoms. The number of ether oxygens (including phenoxy) is 2. The summed E-state index contributed by atoms with van der Waals surface area (Å²) >= 11 is 0. The van der Waals surface area contributed by atoms with Crippen LogP contribution in [0, 0.1) is 30.9 Å². The number of nitro benzene ring substituents is 1. The Morgan fingerprint density at radius 3 is 2.54 bits per heavy atom. The zero-order chi connectivity index (χ0) is 24.9. The van der Waals surface area contributed by atoms with E-state index in [0.717, 1.165) is 16.7 Å². The molecule has 0 saturated heterocycles. The highest BCUT2D eigenvalue weighted by Gasteiger charge is 2.16. The first-order chi connectivity index (χ1) is 16.8. The van der Waals surface area contributed by atoms with Crippen molar-refractivity contribution in [3.63, 3.8) is 0 Å². The number of aromatic nitrogens is 2. The molecule has 0 aliphatic heterocycles. The minimum atomic E-state index is -0.535. The number of nitro groups is 1. The number of non-ortho nitro benzene ring substituents is 1. The van der Waals surface area contributed by atoms with Crippen molar-refractivity contribution in [2.75, 3.05) is 5.32 Å². The van der Waals surface area contributed by atoms with Gasteiger partial charge in [-0.25, -0.2) is 4.68 Å². The van der Waals surface area contributed by atoms with Gasteiger partial charge in [0.05, 0.1) is 16.7 Å². The van der Waals surface area contributed by atoms with Crippen LogP contribution in [-0.2, 0) is 6.73 Å². The van der Waals surface area contributed by atoms with Crippen LogP contribution in [0.5, 0.6) is 17.2 Å². The van der Waals surface area contributed by atoms with Gasteiger partial charge in [0, 0.05) is 18.3 Å². The number of para-hydroxylation sites is 1. The van der Waals surface area contributed by atoms with Crippen molar-refractivity contribution in [2.45, 2.75) is 27.5 Å². The smallest absolute Gasteiger partial charge is 0.276 e. The normalized spacial score (nSPS) is 10.6. The Morgan fingerprint density at radius 2 is 1.80 bits per heavy atom. The Morgan fingerprint density at radius 1 is 1.03 bits per heavy atom. The number of carbonyl (C=O) groups is 1. The molecule has 1 heterocycles. The molecule has 4 aromatic rings. The number of carbonyl (C=O) groups excluding carboxylic acids is 1. The number of hydrogen-bond donors (Lipinski definition) is 1. The topological polar surface area (TPSA) is 109 Å². The molecule has 0 fully saturated rings. The molecule has 0 atom stereocenters. The van der Waals surface area contributed by atoms with E-state index in [1.165, 1.54) is 28.9 Å². The average Bonchev–Trinajstić information content (AvgIpc) is 3.31. The molecular weight excluding hydrogens is 448 g/mol. The summed E-state index contributed by atoms with van der Waals surface area (Å²) in [4.78, 5) is 23.7. The highest BCUT2D eigenvalue weighted by molar-refractivity contribution is 6.03. The third-order valence-corrected chi connectivity index (χ3v) is 5.33. The van der Waals surface area contributed by atoms with Crippen LogP contribution in [0.2, 0.25) is 0 Å². The lowest BCUT2D eigenvalue weighted by molar-refractivity contribution is -0.384. The minimum Gasteiger partial charge on any atom is -0.471 e. The van der Waals surface area contributed by atoms with Gasteiger partial charge in [0.25, 0.3) is 11.6 Å². The monoisotopic (exact) mass is 472 g/mol.